The summed E-state index contributed by atoms with van der Waals surface area (Å²) in [5.74, 6) is 0.0160. The molecule has 150 valence electrons. The number of hydrogen-bond donors (Lipinski definition) is 0. The van der Waals surface area contributed by atoms with Crippen molar-refractivity contribution in [3.05, 3.63) is 28.3 Å². The molecule has 3 aliphatic rings. The Balaban J connectivity index is 1.68. The maximum atomic E-state index is 12.8. The Labute approximate surface area is 164 Å². The average Bonchev–Trinajstić information content (AvgIpc) is 2.91. The maximum Gasteiger partial charge on any atom is 0.294 e. The van der Waals surface area contributed by atoms with Crippen molar-refractivity contribution in [2.24, 2.45) is 23.7 Å². The molecule has 4 atom stereocenters. The lowest BCUT2D eigenvalue weighted by Gasteiger charge is -2.36. The van der Waals surface area contributed by atoms with Gasteiger partial charge in [-0.2, -0.15) is 0 Å². The van der Waals surface area contributed by atoms with E-state index < -0.39 is 4.92 Å². The van der Waals surface area contributed by atoms with Crippen LogP contribution in [0.5, 0.6) is 0 Å². The van der Waals surface area contributed by atoms with Gasteiger partial charge in [-0.3, -0.25) is 19.7 Å². The fraction of sp³-hybridized carbons (Fsp3) is 0.619. The SMILES string of the molecule is C[C@@H]1C[C@@H](C)CN(c2ccc(N3C(=O)[C@H]4CCCC[C@H]4C3=O)cc2[N+](=O)[O-])C1. The molecule has 0 bridgehead atoms. The Morgan fingerprint density at radius 2 is 1.57 bits per heavy atom. The standard InChI is InChI=1S/C21H27N3O4/c1-13-9-14(2)12-22(11-13)18-8-7-15(10-19(18)24(27)28)23-20(25)16-5-3-4-6-17(16)21(23)26/h7-8,10,13-14,16-17H,3-6,9,11-12H2,1-2H3/t13-,14-,16-,17+/m1/s1. The molecule has 4 rings (SSSR count). The van der Waals surface area contributed by atoms with Crippen LogP contribution in [0.3, 0.4) is 0 Å². The smallest absolute Gasteiger partial charge is 0.294 e. The topological polar surface area (TPSA) is 83.8 Å². The van der Waals surface area contributed by atoms with Crippen molar-refractivity contribution in [3.8, 4) is 0 Å². The molecule has 2 saturated heterocycles. The third-order valence-electron chi connectivity index (χ3n) is 6.46. The highest BCUT2D eigenvalue weighted by Crippen LogP contribution is 2.42. The van der Waals surface area contributed by atoms with Gasteiger partial charge in [0.1, 0.15) is 5.69 Å². The molecule has 1 aromatic rings. The van der Waals surface area contributed by atoms with E-state index in [1.165, 1.54) is 11.0 Å². The van der Waals surface area contributed by atoms with Crippen molar-refractivity contribution in [3.63, 3.8) is 0 Å². The van der Waals surface area contributed by atoms with Gasteiger partial charge in [0.25, 0.3) is 5.69 Å². The molecule has 1 saturated carbocycles. The Hall–Kier alpha value is -2.44. The van der Waals surface area contributed by atoms with Crippen LogP contribution < -0.4 is 9.80 Å². The second-order valence-corrected chi connectivity index (χ2v) is 8.79. The number of rotatable bonds is 3. The predicted octanol–water partition coefficient (Wildman–Crippen LogP) is 3.76. The first-order valence-electron chi connectivity index (χ1n) is 10.3. The molecule has 1 aromatic carbocycles. The van der Waals surface area contributed by atoms with E-state index in [1.807, 2.05) is 0 Å². The number of nitrogens with zero attached hydrogens (tertiary/aromatic N) is 3. The zero-order chi connectivity index (χ0) is 20.0. The number of nitro groups is 1. The molecule has 7 nitrogen and oxygen atoms in total. The van der Waals surface area contributed by atoms with Crippen molar-refractivity contribution in [2.45, 2.75) is 46.0 Å². The molecule has 0 N–H and O–H groups in total. The van der Waals surface area contributed by atoms with E-state index in [4.69, 9.17) is 0 Å². The summed E-state index contributed by atoms with van der Waals surface area (Å²) < 4.78 is 0. The summed E-state index contributed by atoms with van der Waals surface area (Å²) in [4.78, 5) is 40.3. The quantitative estimate of drug-likeness (QED) is 0.449. The predicted molar refractivity (Wildman–Crippen MR) is 106 cm³/mol. The highest BCUT2D eigenvalue weighted by atomic mass is 16.6. The lowest BCUT2D eigenvalue weighted by Crippen LogP contribution is -2.39. The zero-order valence-electron chi connectivity index (χ0n) is 16.5. The van der Waals surface area contributed by atoms with E-state index in [2.05, 4.69) is 18.7 Å². The number of imide groups is 1. The third-order valence-corrected chi connectivity index (χ3v) is 6.46. The number of benzene rings is 1. The van der Waals surface area contributed by atoms with E-state index in [-0.39, 0.29) is 29.3 Å². The van der Waals surface area contributed by atoms with Gasteiger partial charge in [-0.15, -0.1) is 0 Å². The van der Waals surface area contributed by atoms with E-state index in [1.54, 1.807) is 12.1 Å². The number of hydrogen-bond acceptors (Lipinski definition) is 5. The van der Waals surface area contributed by atoms with Gasteiger partial charge < -0.3 is 4.90 Å². The first-order valence-corrected chi connectivity index (χ1v) is 10.3. The van der Waals surface area contributed by atoms with Gasteiger partial charge in [0.15, 0.2) is 0 Å². The zero-order valence-corrected chi connectivity index (χ0v) is 16.5. The first-order chi connectivity index (χ1) is 13.4. The summed E-state index contributed by atoms with van der Waals surface area (Å²) in [6.45, 7) is 5.87. The second-order valence-electron chi connectivity index (χ2n) is 8.79. The molecule has 28 heavy (non-hydrogen) atoms. The Bertz CT molecular complexity index is 790. The van der Waals surface area contributed by atoms with Gasteiger partial charge in [0, 0.05) is 19.2 Å². The minimum absolute atomic E-state index is 0.0331. The molecule has 2 aliphatic heterocycles. The number of amides is 2. The molecular formula is C21H27N3O4. The summed E-state index contributed by atoms with van der Waals surface area (Å²) in [6.07, 6.45) is 4.49. The number of anilines is 2. The van der Waals surface area contributed by atoms with Crippen LogP contribution in [0.1, 0.15) is 46.0 Å². The highest BCUT2D eigenvalue weighted by molar-refractivity contribution is 6.22. The largest absolute Gasteiger partial charge is 0.365 e. The molecule has 3 fully saturated rings. The molecule has 2 amide bonds. The molecule has 0 unspecified atom stereocenters. The van der Waals surface area contributed by atoms with Crippen molar-refractivity contribution in [1.82, 2.24) is 0 Å². The summed E-state index contributed by atoms with van der Waals surface area (Å²) in [6, 6.07) is 4.81. The van der Waals surface area contributed by atoms with Crippen molar-refractivity contribution in [2.75, 3.05) is 22.9 Å². The van der Waals surface area contributed by atoms with Gasteiger partial charge in [0.2, 0.25) is 11.8 Å². The second kappa shape index (κ2) is 7.18. The van der Waals surface area contributed by atoms with Crippen LogP contribution >= 0.6 is 0 Å². The van der Waals surface area contributed by atoms with Gasteiger partial charge in [-0.25, -0.2) is 4.90 Å². The molecule has 2 heterocycles. The Kier molecular flexibility index (Phi) is 4.85. The van der Waals surface area contributed by atoms with Gasteiger partial charge in [0.05, 0.1) is 22.4 Å². The van der Waals surface area contributed by atoms with Crippen LogP contribution in [0.4, 0.5) is 17.1 Å². The molecule has 1 aliphatic carbocycles. The average molecular weight is 385 g/mol. The van der Waals surface area contributed by atoms with Crippen LogP contribution in [0.25, 0.3) is 0 Å². The van der Waals surface area contributed by atoms with Crippen LogP contribution in [0.2, 0.25) is 0 Å². The fourth-order valence-corrected chi connectivity index (χ4v) is 5.34. The van der Waals surface area contributed by atoms with Crippen molar-refractivity contribution >= 4 is 28.9 Å². The third kappa shape index (κ3) is 3.16. The van der Waals surface area contributed by atoms with Crippen molar-refractivity contribution < 1.29 is 14.5 Å². The number of carbonyl (C=O) groups is 2. The summed E-state index contributed by atoms with van der Waals surface area (Å²) in [5, 5.41) is 11.8. The number of nitro benzene ring substituents is 1. The maximum absolute atomic E-state index is 12.8. The fourth-order valence-electron chi connectivity index (χ4n) is 5.34. The first kappa shape index (κ1) is 18.9. The van der Waals surface area contributed by atoms with Gasteiger partial charge >= 0.3 is 0 Å². The highest BCUT2D eigenvalue weighted by Gasteiger charge is 2.49. The summed E-state index contributed by atoms with van der Waals surface area (Å²) >= 11 is 0. The van der Waals surface area contributed by atoms with Crippen LogP contribution in [0, 0.1) is 33.8 Å². The number of carbonyl (C=O) groups excluding carboxylic acids is 2. The molecule has 0 aromatic heterocycles. The molecule has 0 spiro atoms. The lowest BCUT2D eigenvalue weighted by atomic mass is 9.81. The van der Waals surface area contributed by atoms with Gasteiger partial charge in [-0.1, -0.05) is 26.7 Å². The summed E-state index contributed by atoms with van der Waals surface area (Å²) in [5.41, 5.74) is 0.871. The monoisotopic (exact) mass is 385 g/mol. The van der Waals surface area contributed by atoms with Gasteiger partial charge in [-0.05, 0) is 43.2 Å². The molecule has 7 heteroatoms. The minimum Gasteiger partial charge on any atom is -0.365 e. The summed E-state index contributed by atoms with van der Waals surface area (Å²) in [7, 11) is 0. The van der Waals surface area contributed by atoms with Crippen LogP contribution in [-0.2, 0) is 9.59 Å². The number of piperidine rings is 1. The van der Waals surface area contributed by atoms with E-state index in [0.29, 0.717) is 23.2 Å². The Morgan fingerprint density at radius 3 is 2.11 bits per heavy atom. The van der Waals surface area contributed by atoms with E-state index in [0.717, 1.165) is 45.2 Å². The van der Waals surface area contributed by atoms with Crippen molar-refractivity contribution in [1.29, 1.82) is 0 Å². The molecule has 0 radical (unpaired) electrons. The normalized spacial score (nSPS) is 30.5. The molecular weight excluding hydrogens is 358 g/mol. The Morgan fingerprint density at radius 1 is 1.00 bits per heavy atom. The minimum atomic E-state index is -0.402. The lowest BCUT2D eigenvalue weighted by molar-refractivity contribution is -0.384. The van der Waals surface area contributed by atoms with Crippen LogP contribution in [-0.4, -0.2) is 29.8 Å². The van der Waals surface area contributed by atoms with Crippen LogP contribution in [0.15, 0.2) is 18.2 Å². The van der Waals surface area contributed by atoms with E-state index >= 15 is 0 Å². The van der Waals surface area contributed by atoms with E-state index in [9.17, 15) is 19.7 Å². The number of fused-ring (bicyclic) bond motifs is 1.